The molecule has 6 nitrogen and oxygen atoms in total. The fourth-order valence-corrected chi connectivity index (χ4v) is 3.64. The van der Waals surface area contributed by atoms with Gasteiger partial charge in [0.25, 0.3) is 5.91 Å². The number of nitrogens with one attached hydrogen (secondary N) is 1. The number of anilines is 1. The summed E-state index contributed by atoms with van der Waals surface area (Å²) in [5.41, 5.74) is 0.785. The number of thiazole rings is 1. The Hall–Kier alpha value is -2.41. The number of fused-ring (bicyclic) bond motifs is 2. The Morgan fingerprint density at radius 3 is 2.91 bits per heavy atom. The minimum atomic E-state index is -0.735. The zero-order chi connectivity index (χ0) is 15.8. The first-order valence-corrected chi connectivity index (χ1v) is 8.24. The average Bonchev–Trinajstić information content (AvgIpc) is 2.98. The van der Waals surface area contributed by atoms with Crippen molar-refractivity contribution in [1.29, 1.82) is 0 Å². The first-order chi connectivity index (χ1) is 11.2. The van der Waals surface area contributed by atoms with Crippen molar-refractivity contribution in [2.24, 2.45) is 0 Å². The molecule has 0 saturated carbocycles. The number of ether oxygens (including phenoxy) is 2. The van der Waals surface area contributed by atoms with Crippen molar-refractivity contribution in [2.75, 3.05) is 11.9 Å². The molecule has 1 unspecified atom stereocenters. The van der Waals surface area contributed by atoms with Gasteiger partial charge < -0.3 is 9.47 Å². The highest BCUT2D eigenvalue weighted by molar-refractivity contribution is 7.17. The van der Waals surface area contributed by atoms with Gasteiger partial charge in [-0.25, -0.2) is 4.98 Å². The third kappa shape index (κ3) is 2.68. The van der Waals surface area contributed by atoms with E-state index < -0.39 is 6.10 Å². The average molecular weight is 330 g/mol. The van der Waals surface area contributed by atoms with Crippen LogP contribution in [0.4, 0.5) is 5.13 Å². The summed E-state index contributed by atoms with van der Waals surface area (Å²) in [6, 6.07) is 7.22. The molecule has 2 heterocycles. The fourth-order valence-electron chi connectivity index (χ4n) is 2.66. The van der Waals surface area contributed by atoms with Gasteiger partial charge in [0, 0.05) is 6.42 Å². The summed E-state index contributed by atoms with van der Waals surface area (Å²) in [6.45, 7) is 0.146. The molecule has 1 atom stereocenters. The van der Waals surface area contributed by atoms with Crippen LogP contribution in [0.25, 0.3) is 0 Å². The van der Waals surface area contributed by atoms with E-state index in [1.165, 1.54) is 11.3 Å². The number of para-hydroxylation sites is 2. The lowest BCUT2D eigenvalue weighted by Gasteiger charge is -2.25. The lowest BCUT2D eigenvalue weighted by atomic mass is 10.0. The molecule has 2 aromatic rings. The molecule has 23 heavy (non-hydrogen) atoms. The lowest BCUT2D eigenvalue weighted by molar-refractivity contribution is -0.125. The summed E-state index contributed by atoms with van der Waals surface area (Å²) in [6.07, 6.45) is 1.42. The molecule has 1 aliphatic carbocycles. The van der Waals surface area contributed by atoms with Crippen LogP contribution in [0.15, 0.2) is 24.3 Å². The van der Waals surface area contributed by atoms with Crippen molar-refractivity contribution in [3.05, 3.63) is 34.8 Å². The molecule has 0 bridgehead atoms. The molecule has 118 valence electrons. The van der Waals surface area contributed by atoms with E-state index in [2.05, 4.69) is 10.3 Å². The summed E-state index contributed by atoms with van der Waals surface area (Å²) < 4.78 is 11.2. The zero-order valence-electron chi connectivity index (χ0n) is 12.2. The van der Waals surface area contributed by atoms with Crippen molar-refractivity contribution in [3.63, 3.8) is 0 Å². The lowest BCUT2D eigenvalue weighted by Crippen LogP contribution is -2.40. The molecule has 1 aromatic heterocycles. The third-order valence-corrected chi connectivity index (χ3v) is 4.85. The van der Waals surface area contributed by atoms with Gasteiger partial charge in [-0.1, -0.05) is 23.5 Å². The molecule has 2 aliphatic rings. The number of hydrogen-bond donors (Lipinski definition) is 1. The Bertz CT molecular complexity index is 786. The number of nitrogens with zero attached hydrogens (tertiary/aromatic N) is 1. The molecular weight excluding hydrogens is 316 g/mol. The van der Waals surface area contributed by atoms with Crippen LogP contribution >= 0.6 is 11.3 Å². The van der Waals surface area contributed by atoms with Gasteiger partial charge in [0.2, 0.25) is 6.10 Å². The van der Waals surface area contributed by atoms with E-state index >= 15 is 0 Å². The number of Topliss-reactive ketones (excluding diaryl/α,β-unsaturated/α-hetero) is 1. The minimum absolute atomic E-state index is 0.107. The molecule has 7 heteroatoms. The molecule has 0 spiro atoms. The Morgan fingerprint density at radius 1 is 1.26 bits per heavy atom. The van der Waals surface area contributed by atoms with E-state index in [1.807, 2.05) is 12.1 Å². The standard InChI is InChI=1S/C16H14N2O4S/c19-10-5-3-4-9-14(10)23-16(17-9)18-15(20)13-8-21-11-6-1-2-7-12(11)22-13/h1-2,6-7,13H,3-5,8H2,(H,17,18,20). The van der Waals surface area contributed by atoms with E-state index in [0.717, 1.165) is 18.5 Å². The molecular formula is C16H14N2O4S. The van der Waals surface area contributed by atoms with Crippen LogP contribution in [-0.2, 0) is 11.2 Å². The van der Waals surface area contributed by atoms with E-state index in [1.54, 1.807) is 12.1 Å². The van der Waals surface area contributed by atoms with Crippen LogP contribution in [0.3, 0.4) is 0 Å². The molecule has 1 aliphatic heterocycles. The summed E-state index contributed by atoms with van der Waals surface area (Å²) in [5.74, 6) is 0.966. The van der Waals surface area contributed by atoms with Gasteiger partial charge in [0.1, 0.15) is 6.61 Å². The summed E-state index contributed by atoms with van der Waals surface area (Å²) in [5, 5.41) is 3.17. The summed E-state index contributed by atoms with van der Waals surface area (Å²) >= 11 is 1.23. The van der Waals surface area contributed by atoms with Crippen molar-refractivity contribution >= 4 is 28.2 Å². The SMILES string of the molecule is O=C1CCCc2nc(NC(=O)C3COc4ccccc4O3)sc21. The van der Waals surface area contributed by atoms with Crippen LogP contribution in [0.1, 0.15) is 28.2 Å². The quantitative estimate of drug-likeness (QED) is 0.915. The Kier molecular flexibility index (Phi) is 3.49. The van der Waals surface area contributed by atoms with Crippen LogP contribution in [0, 0.1) is 0 Å². The second-order valence-electron chi connectivity index (χ2n) is 5.43. The Morgan fingerprint density at radius 2 is 2.09 bits per heavy atom. The number of ketones is 1. The van der Waals surface area contributed by atoms with E-state index in [4.69, 9.17) is 9.47 Å². The van der Waals surface area contributed by atoms with Crippen LogP contribution in [0.2, 0.25) is 0 Å². The number of amides is 1. The number of aromatic nitrogens is 1. The Balaban J connectivity index is 1.48. The highest BCUT2D eigenvalue weighted by atomic mass is 32.1. The molecule has 0 fully saturated rings. The van der Waals surface area contributed by atoms with Crippen LogP contribution in [-0.4, -0.2) is 29.4 Å². The van der Waals surface area contributed by atoms with Gasteiger partial charge in [0.15, 0.2) is 22.4 Å². The highest BCUT2D eigenvalue weighted by Gasteiger charge is 2.29. The maximum Gasteiger partial charge on any atom is 0.270 e. The summed E-state index contributed by atoms with van der Waals surface area (Å²) in [4.78, 5) is 29.2. The number of benzene rings is 1. The van der Waals surface area contributed by atoms with Gasteiger partial charge in [0.05, 0.1) is 10.6 Å². The Labute approximate surface area is 136 Å². The number of rotatable bonds is 2. The number of carbonyl (C=O) groups is 2. The second-order valence-corrected chi connectivity index (χ2v) is 6.42. The fraction of sp³-hybridized carbons (Fsp3) is 0.312. The van der Waals surface area contributed by atoms with Gasteiger partial charge in [-0.15, -0.1) is 0 Å². The van der Waals surface area contributed by atoms with Gasteiger partial charge >= 0.3 is 0 Å². The van der Waals surface area contributed by atoms with Gasteiger partial charge in [-0.3, -0.25) is 14.9 Å². The van der Waals surface area contributed by atoms with E-state index in [9.17, 15) is 9.59 Å². The zero-order valence-corrected chi connectivity index (χ0v) is 13.0. The van der Waals surface area contributed by atoms with Crippen LogP contribution < -0.4 is 14.8 Å². The van der Waals surface area contributed by atoms with Crippen molar-refractivity contribution in [1.82, 2.24) is 4.98 Å². The van der Waals surface area contributed by atoms with Crippen molar-refractivity contribution < 1.29 is 19.1 Å². The molecule has 0 radical (unpaired) electrons. The predicted molar refractivity (Wildman–Crippen MR) is 84.4 cm³/mol. The summed E-state index contributed by atoms with van der Waals surface area (Å²) in [7, 11) is 0. The maximum absolute atomic E-state index is 12.3. The monoisotopic (exact) mass is 330 g/mol. The van der Waals surface area contributed by atoms with Crippen molar-refractivity contribution in [3.8, 4) is 11.5 Å². The first kappa shape index (κ1) is 14.2. The topological polar surface area (TPSA) is 77.5 Å². The van der Waals surface area contributed by atoms with E-state index in [0.29, 0.717) is 27.9 Å². The molecule has 1 aromatic carbocycles. The number of aryl methyl sites for hydroxylation is 1. The van der Waals surface area contributed by atoms with Gasteiger partial charge in [-0.2, -0.15) is 0 Å². The molecule has 1 N–H and O–H groups in total. The highest BCUT2D eigenvalue weighted by Crippen LogP contribution is 2.32. The molecule has 1 amide bonds. The van der Waals surface area contributed by atoms with E-state index in [-0.39, 0.29) is 18.3 Å². The number of carbonyl (C=O) groups excluding carboxylic acids is 2. The largest absolute Gasteiger partial charge is 0.485 e. The maximum atomic E-state index is 12.3. The normalized spacial score (nSPS) is 19.1. The van der Waals surface area contributed by atoms with Crippen molar-refractivity contribution in [2.45, 2.75) is 25.4 Å². The molecule has 0 saturated heterocycles. The van der Waals surface area contributed by atoms with Crippen LogP contribution in [0.5, 0.6) is 11.5 Å². The minimum Gasteiger partial charge on any atom is -0.485 e. The molecule has 4 rings (SSSR count). The smallest absolute Gasteiger partial charge is 0.270 e. The first-order valence-electron chi connectivity index (χ1n) is 7.43. The second kappa shape index (κ2) is 5.66. The van der Waals surface area contributed by atoms with Gasteiger partial charge in [-0.05, 0) is 25.0 Å². The number of hydrogen-bond acceptors (Lipinski definition) is 6. The third-order valence-electron chi connectivity index (χ3n) is 3.80. The predicted octanol–water partition coefficient (Wildman–Crippen LogP) is 2.44.